The van der Waals surface area contributed by atoms with Gasteiger partial charge in [0.25, 0.3) is 0 Å². The Labute approximate surface area is 128 Å². The molecule has 0 saturated carbocycles. The Hall–Kier alpha value is -2.01. The number of nitrogens with zero attached hydrogens (tertiary/aromatic N) is 2. The lowest BCUT2D eigenvalue weighted by molar-refractivity contribution is 0.0689. The first kappa shape index (κ1) is 15.4. The van der Waals surface area contributed by atoms with Gasteiger partial charge < -0.3 is 9.84 Å². The number of rotatable bonds is 4. The van der Waals surface area contributed by atoms with Gasteiger partial charge in [0.15, 0.2) is 5.69 Å². The predicted molar refractivity (Wildman–Crippen MR) is 81.3 cm³/mol. The highest BCUT2D eigenvalue weighted by Crippen LogP contribution is 2.39. The van der Waals surface area contributed by atoms with Crippen LogP contribution in [0.3, 0.4) is 0 Å². The van der Waals surface area contributed by atoms with E-state index in [2.05, 4.69) is 5.10 Å². The van der Waals surface area contributed by atoms with E-state index in [0.717, 1.165) is 11.1 Å². The van der Waals surface area contributed by atoms with E-state index in [4.69, 9.17) is 21.4 Å². The summed E-state index contributed by atoms with van der Waals surface area (Å²) >= 11 is 6.19. The standard InChI is InChI=1S/C15H17ClN2O3/c1-8(2)10-5-9(16)6-11(14(10)21-4)13-7-12(15(19)20)17-18(13)3/h5-8H,1-4H3,(H,19,20). The second kappa shape index (κ2) is 5.77. The number of aromatic nitrogens is 2. The number of ether oxygens (including phenoxy) is 1. The van der Waals surface area contributed by atoms with E-state index in [-0.39, 0.29) is 11.6 Å². The third-order valence-electron chi connectivity index (χ3n) is 3.28. The maximum absolute atomic E-state index is 11.1. The Morgan fingerprint density at radius 3 is 2.52 bits per heavy atom. The van der Waals surface area contributed by atoms with E-state index < -0.39 is 5.97 Å². The SMILES string of the molecule is COc1c(-c2cc(C(=O)O)nn2C)cc(Cl)cc1C(C)C. The lowest BCUT2D eigenvalue weighted by Gasteiger charge is -2.16. The number of carbonyl (C=O) groups is 1. The summed E-state index contributed by atoms with van der Waals surface area (Å²) in [6.45, 7) is 4.09. The molecule has 0 radical (unpaired) electrons. The smallest absolute Gasteiger partial charge is 0.356 e. The molecule has 0 saturated heterocycles. The maximum atomic E-state index is 11.1. The van der Waals surface area contributed by atoms with Gasteiger partial charge in [-0.15, -0.1) is 0 Å². The van der Waals surface area contributed by atoms with Crippen molar-refractivity contribution < 1.29 is 14.6 Å². The highest BCUT2D eigenvalue weighted by Gasteiger charge is 2.20. The quantitative estimate of drug-likeness (QED) is 0.937. The first-order chi connectivity index (χ1) is 9.85. The number of benzene rings is 1. The normalized spacial score (nSPS) is 11.0. The third-order valence-corrected chi connectivity index (χ3v) is 3.50. The van der Waals surface area contributed by atoms with Crippen LogP contribution in [0.5, 0.6) is 5.75 Å². The number of carboxylic acids is 1. The van der Waals surface area contributed by atoms with Crippen LogP contribution < -0.4 is 4.74 Å². The fraction of sp³-hybridized carbons (Fsp3) is 0.333. The van der Waals surface area contributed by atoms with Crippen molar-refractivity contribution in [2.45, 2.75) is 19.8 Å². The second-order valence-electron chi connectivity index (χ2n) is 5.07. The Morgan fingerprint density at radius 2 is 2.05 bits per heavy atom. The van der Waals surface area contributed by atoms with Gasteiger partial charge in [0.2, 0.25) is 0 Å². The molecule has 0 bridgehead atoms. The zero-order valence-electron chi connectivity index (χ0n) is 12.3. The first-order valence-electron chi connectivity index (χ1n) is 6.50. The molecule has 6 heteroatoms. The monoisotopic (exact) mass is 308 g/mol. The molecular weight excluding hydrogens is 292 g/mol. The van der Waals surface area contributed by atoms with Gasteiger partial charge in [0.05, 0.1) is 12.8 Å². The highest BCUT2D eigenvalue weighted by atomic mass is 35.5. The zero-order chi connectivity index (χ0) is 15.7. The molecule has 1 aromatic heterocycles. The summed E-state index contributed by atoms with van der Waals surface area (Å²) in [4.78, 5) is 11.1. The van der Waals surface area contributed by atoms with Crippen LogP contribution in [0.4, 0.5) is 0 Å². The predicted octanol–water partition coefficient (Wildman–Crippen LogP) is 3.57. The van der Waals surface area contributed by atoms with Crippen molar-refractivity contribution in [3.8, 4) is 17.0 Å². The van der Waals surface area contributed by atoms with Crippen LogP contribution in [0.2, 0.25) is 5.02 Å². The Morgan fingerprint density at radius 1 is 1.38 bits per heavy atom. The minimum Gasteiger partial charge on any atom is -0.496 e. The Balaban J connectivity index is 2.71. The maximum Gasteiger partial charge on any atom is 0.356 e. The van der Waals surface area contributed by atoms with Gasteiger partial charge in [-0.2, -0.15) is 5.10 Å². The average molecular weight is 309 g/mol. The van der Waals surface area contributed by atoms with E-state index >= 15 is 0 Å². The minimum absolute atomic E-state index is 0.0133. The number of aromatic carboxylic acids is 1. The number of carboxylic acid groups (broad SMARTS) is 1. The number of hydrogen-bond acceptors (Lipinski definition) is 3. The zero-order valence-corrected chi connectivity index (χ0v) is 13.1. The van der Waals surface area contributed by atoms with Gasteiger partial charge >= 0.3 is 5.97 Å². The van der Waals surface area contributed by atoms with Crippen LogP contribution >= 0.6 is 11.6 Å². The molecule has 0 unspecified atom stereocenters. The number of methoxy groups -OCH3 is 1. The van der Waals surface area contributed by atoms with Crippen LogP contribution in [0.25, 0.3) is 11.3 Å². The molecule has 0 atom stereocenters. The van der Waals surface area contributed by atoms with Gasteiger partial charge in [-0.3, -0.25) is 4.68 Å². The molecule has 5 nitrogen and oxygen atoms in total. The van der Waals surface area contributed by atoms with Crippen molar-refractivity contribution in [2.24, 2.45) is 7.05 Å². The lowest BCUT2D eigenvalue weighted by atomic mass is 9.97. The molecule has 0 amide bonds. The fourth-order valence-electron chi connectivity index (χ4n) is 2.29. The topological polar surface area (TPSA) is 64.3 Å². The summed E-state index contributed by atoms with van der Waals surface area (Å²) in [6, 6.07) is 5.14. The van der Waals surface area contributed by atoms with Crippen LogP contribution in [-0.2, 0) is 7.05 Å². The van der Waals surface area contributed by atoms with E-state index in [1.54, 1.807) is 20.2 Å². The molecule has 0 spiro atoms. The third kappa shape index (κ3) is 2.88. The number of halogens is 1. The molecule has 21 heavy (non-hydrogen) atoms. The molecule has 1 aromatic carbocycles. The van der Waals surface area contributed by atoms with Crippen molar-refractivity contribution in [3.05, 3.63) is 34.5 Å². The molecule has 1 N–H and O–H groups in total. The van der Waals surface area contributed by atoms with Gasteiger partial charge in [-0.25, -0.2) is 4.79 Å². The van der Waals surface area contributed by atoms with Crippen LogP contribution in [-0.4, -0.2) is 28.0 Å². The summed E-state index contributed by atoms with van der Waals surface area (Å²) in [7, 11) is 3.28. The van der Waals surface area contributed by atoms with E-state index in [1.165, 1.54) is 10.7 Å². The highest BCUT2D eigenvalue weighted by molar-refractivity contribution is 6.31. The molecular formula is C15H17ClN2O3. The van der Waals surface area contributed by atoms with Gasteiger partial charge in [0, 0.05) is 17.6 Å². The average Bonchev–Trinajstić information content (AvgIpc) is 2.79. The van der Waals surface area contributed by atoms with Crippen molar-refractivity contribution in [3.63, 3.8) is 0 Å². The van der Waals surface area contributed by atoms with Gasteiger partial charge in [-0.05, 0) is 29.7 Å². The molecule has 0 aliphatic carbocycles. The van der Waals surface area contributed by atoms with E-state index in [9.17, 15) is 4.79 Å². The van der Waals surface area contributed by atoms with Crippen molar-refractivity contribution in [1.29, 1.82) is 0 Å². The summed E-state index contributed by atoms with van der Waals surface area (Å²) < 4.78 is 7.04. The molecule has 0 fully saturated rings. The van der Waals surface area contributed by atoms with Crippen molar-refractivity contribution >= 4 is 17.6 Å². The first-order valence-corrected chi connectivity index (χ1v) is 6.88. The summed E-state index contributed by atoms with van der Waals surface area (Å²) in [5.41, 5.74) is 2.34. The van der Waals surface area contributed by atoms with Crippen molar-refractivity contribution in [2.75, 3.05) is 7.11 Å². The minimum atomic E-state index is -1.07. The number of aryl methyl sites for hydroxylation is 1. The lowest BCUT2D eigenvalue weighted by Crippen LogP contribution is -2.01. The molecule has 2 rings (SSSR count). The van der Waals surface area contributed by atoms with Gasteiger partial charge in [0.1, 0.15) is 5.75 Å². The van der Waals surface area contributed by atoms with Crippen LogP contribution in [0.1, 0.15) is 35.8 Å². The summed E-state index contributed by atoms with van der Waals surface area (Å²) in [5, 5.41) is 13.6. The van der Waals surface area contributed by atoms with Crippen LogP contribution in [0.15, 0.2) is 18.2 Å². The fourth-order valence-corrected chi connectivity index (χ4v) is 2.51. The van der Waals surface area contributed by atoms with E-state index in [0.29, 0.717) is 16.5 Å². The van der Waals surface area contributed by atoms with Crippen LogP contribution in [0, 0.1) is 0 Å². The molecule has 112 valence electrons. The molecule has 2 aromatic rings. The molecule has 1 heterocycles. The Bertz CT molecular complexity index is 692. The molecule has 0 aliphatic rings. The van der Waals surface area contributed by atoms with E-state index in [1.807, 2.05) is 19.9 Å². The largest absolute Gasteiger partial charge is 0.496 e. The van der Waals surface area contributed by atoms with Gasteiger partial charge in [-0.1, -0.05) is 25.4 Å². The summed E-state index contributed by atoms with van der Waals surface area (Å²) in [5.74, 6) is -0.152. The number of hydrogen-bond donors (Lipinski definition) is 1. The molecule has 0 aliphatic heterocycles. The Kier molecular flexibility index (Phi) is 4.23. The summed E-state index contributed by atoms with van der Waals surface area (Å²) in [6.07, 6.45) is 0. The second-order valence-corrected chi connectivity index (χ2v) is 5.51. The van der Waals surface area contributed by atoms with Crippen molar-refractivity contribution in [1.82, 2.24) is 9.78 Å².